The second-order valence-corrected chi connectivity index (χ2v) is 10.6. The molecule has 6 rings (SSSR count). The minimum atomic E-state index is -0.848. The topological polar surface area (TPSA) is 129 Å². The van der Waals surface area contributed by atoms with Crippen LogP contribution in [0.3, 0.4) is 0 Å². The molecule has 0 saturated carbocycles. The minimum Gasteiger partial charge on any atom is -0.380 e. The van der Waals surface area contributed by atoms with Gasteiger partial charge in [0.15, 0.2) is 0 Å². The average molecular weight is 548 g/mol. The number of urea groups is 1. The Morgan fingerprint density at radius 1 is 1.05 bits per heavy atom. The minimum absolute atomic E-state index is 0.0867. The van der Waals surface area contributed by atoms with Crippen LogP contribution in [0.5, 0.6) is 0 Å². The first-order chi connectivity index (χ1) is 19.4. The van der Waals surface area contributed by atoms with Gasteiger partial charge in [0.1, 0.15) is 6.04 Å². The van der Waals surface area contributed by atoms with E-state index in [2.05, 4.69) is 22.3 Å². The van der Waals surface area contributed by atoms with Crippen molar-refractivity contribution in [1.82, 2.24) is 29.8 Å². The quantitative estimate of drug-likeness (QED) is 0.548. The number of allylic oxidation sites excluding steroid dienone is 1. The number of benzene rings is 1. The summed E-state index contributed by atoms with van der Waals surface area (Å²) < 4.78 is 7.30. The molecule has 0 spiro atoms. The number of aromatic nitrogens is 2. The van der Waals surface area contributed by atoms with Crippen LogP contribution in [0.25, 0.3) is 0 Å². The number of carbonyl (C=O) groups excluding carboxylic acids is 4. The molecule has 3 saturated heterocycles. The summed E-state index contributed by atoms with van der Waals surface area (Å²) in [6, 6.07) is 4.56. The van der Waals surface area contributed by atoms with E-state index in [1.807, 2.05) is 20.7 Å². The Bertz CT molecular complexity index is 1360. The van der Waals surface area contributed by atoms with Crippen LogP contribution in [0, 0.1) is 0 Å². The van der Waals surface area contributed by atoms with Crippen molar-refractivity contribution in [1.29, 1.82) is 0 Å². The molecular weight excluding hydrogens is 514 g/mol. The lowest BCUT2D eigenvalue weighted by atomic mass is 10.0. The number of nitrogens with zero attached hydrogens (tertiary/aromatic N) is 5. The molecule has 5 heterocycles. The summed E-state index contributed by atoms with van der Waals surface area (Å²) in [7, 11) is 0. The smallest absolute Gasteiger partial charge is 0.320 e. The van der Waals surface area contributed by atoms with Gasteiger partial charge in [-0.3, -0.25) is 24.0 Å². The van der Waals surface area contributed by atoms with E-state index in [0.717, 1.165) is 23.3 Å². The molecule has 4 aliphatic rings. The molecule has 3 fully saturated rings. The van der Waals surface area contributed by atoms with Crippen LogP contribution in [-0.2, 0) is 16.1 Å². The number of morpholine rings is 1. The Hall–Kier alpha value is -4.19. The van der Waals surface area contributed by atoms with Crippen molar-refractivity contribution in [2.75, 3.05) is 44.7 Å². The Kier molecular flexibility index (Phi) is 7.01. The van der Waals surface area contributed by atoms with E-state index in [-0.39, 0.29) is 23.5 Å². The maximum atomic E-state index is 13.4. The van der Waals surface area contributed by atoms with Gasteiger partial charge in [-0.05, 0) is 37.8 Å². The van der Waals surface area contributed by atoms with Gasteiger partial charge in [-0.15, -0.1) is 0 Å². The van der Waals surface area contributed by atoms with E-state index >= 15 is 0 Å². The maximum absolute atomic E-state index is 13.4. The molecule has 4 aliphatic heterocycles. The van der Waals surface area contributed by atoms with E-state index in [9.17, 15) is 19.2 Å². The first kappa shape index (κ1) is 26.1. The molecule has 1 unspecified atom stereocenters. The van der Waals surface area contributed by atoms with Crippen molar-refractivity contribution in [2.24, 2.45) is 0 Å². The van der Waals surface area contributed by atoms with Crippen LogP contribution in [0.2, 0.25) is 0 Å². The Labute approximate surface area is 231 Å². The highest BCUT2D eigenvalue weighted by Gasteiger charge is 2.45. The Morgan fingerprint density at radius 3 is 2.55 bits per heavy atom. The fourth-order valence-corrected chi connectivity index (χ4v) is 5.88. The van der Waals surface area contributed by atoms with E-state index in [1.54, 1.807) is 24.4 Å². The van der Waals surface area contributed by atoms with Crippen molar-refractivity contribution < 1.29 is 23.9 Å². The predicted octanol–water partition coefficient (Wildman–Crippen LogP) is 1.97. The fourth-order valence-electron chi connectivity index (χ4n) is 5.88. The van der Waals surface area contributed by atoms with Crippen molar-refractivity contribution in [2.45, 2.75) is 44.3 Å². The van der Waals surface area contributed by atoms with Crippen LogP contribution >= 0.6 is 0 Å². The van der Waals surface area contributed by atoms with Crippen molar-refractivity contribution >= 4 is 29.4 Å². The van der Waals surface area contributed by atoms with Gasteiger partial charge < -0.3 is 25.2 Å². The molecule has 5 amide bonds. The normalized spacial score (nSPS) is 22.0. The van der Waals surface area contributed by atoms with Gasteiger partial charge in [0.25, 0.3) is 11.8 Å². The number of fused-ring (bicyclic) bond motifs is 1. The molecule has 12 nitrogen and oxygen atoms in total. The summed E-state index contributed by atoms with van der Waals surface area (Å²) in [4.78, 5) is 56.6. The number of imide groups is 1. The number of carbonyl (C=O) groups is 4. The average Bonchev–Trinajstić information content (AvgIpc) is 3.55. The number of anilines is 1. The zero-order valence-corrected chi connectivity index (χ0v) is 22.3. The third-order valence-corrected chi connectivity index (χ3v) is 8.11. The lowest BCUT2D eigenvalue weighted by Gasteiger charge is -2.37. The zero-order valence-electron chi connectivity index (χ0n) is 22.3. The molecule has 2 aromatic rings. The summed E-state index contributed by atoms with van der Waals surface area (Å²) >= 11 is 0. The number of amides is 5. The molecule has 1 aromatic heterocycles. The first-order valence-corrected chi connectivity index (χ1v) is 13.8. The number of piperidine rings is 2. The zero-order chi connectivity index (χ0) is 27.8. The lowest BCUT2D eigenvalue weighted by Crippen LogP contribution is -2.51. The van der Waals surface area contributed by atoms with Crippen molar-refractivity contribution in [3.63, 3.8) is 0 Å². The van der Waals surface area contributed by atoms with Gasteiger partial charge >= 0.3 is 6.03 Å². The van der Waals surface area contributed by atoms with Crippen LogP contribution < -0.4 is 10.6 Å². The predicted molar refractivity (Wildman–Crippen MR) is 144 cm³/mol. The highest BCUT2D eigenvalue weighted by Crippen LogP contribution is 2.33. The molecule has 1 atom stereocenters. The number of ether oxygens (including phenoxy) is 1. The molecule has 40 heavy (non-hydrogen) atoms. The summed E-state index contributed by atoms with van der Waals surface area (Å²) in [5.41, 5.74) is 2.65. The summed E-state index contributed by atoms with van der Waals surface area (Å²) in [5, 5.41) is 10.5. The van der Waals surface area contributed by atoms with Crippen LogP contribution in [0.15, 0.2) is 42.9 Å². The second-order valence-electron chi connectivity index (χ2n) is 10.6. The van der Waals surface area contributed by atoms with Crippen LogP contribution in [-0.4, -0.2) is 93.7 Å². The highest BCUT2D eigenvalue weighted by atomic mass is 16.5. The summed E-state index contributed by atoms with van der Waals surface area (Å²) in [5.74, 6) is -1.31. The van der Waals surface area contributed by atoms with Gasteiger partial charge in [-0.25, -0.2) is 4.79 Å². The summed E-state index contributed by atoms with van der Waals surface area (Å²) in [6.07, 6.45) is 6.30. The molecule has 0 bridgehead atoms. The number of hydrogen-bond acceptors (Lipinski definition) is 7. The first-order valence-electron chi connectivity index (χ1n) is 13.8. The van der Waals surface area contributed by atoms with E-state index in [1.165, 1.54) is 0 Å². The van der Waals surface area contributed by atoms with Crippen molar-refractivity contribution in [3.8, 4) is 0 Å². The second kappa shape index (κ2) is 10.8. The molecule has 210 valence electrons. The largest absolute Gasteiger partial charge is 0.380 e. The van der Waals surface area contributed by atoms with Crippen molar-refractivity contribution in [3.05, 3.63) is 59.6 Å². The SMILES string of the molecule is C=C1CCC(N2C(=O)c3cccc(NCc4cnn(C5CCN(C(=O)N6CCOCC6)CC5)c4)c3C2=O)C(=O)N1. The molecule has 0 radical (unpaired) electrons. The molecule has 12 heteroatoms. The standard InChI is InChI=1S/C28H33N7O5/c1-18-5-6-23(25(36)31-18)35-26(37)21-3-2-4-22(24(21)27(35)38)29-15-19-16-30-34(17-19)20-7-9-32(10-8-20)28(39)33-11-13-40-14-12-33/h2-4,16-17,20,23,29H,1,5-15H2,(H,31,36). The number of hydrogen-bond donors (Lipinski definition) is 2. The van der Waals surface area contributed by atoms with Crippen LogP contribution in [0.1, 0.15) is 58.0 Å². The molecule has 0 aliphatic carbocycles. The monoisotopic (exact) mass is 547 g/mol. The molecule has 1 aromatic carbocycles. The number of nitrogens with one attached hydrogen (secondary N) is 2. The number of rotatable bonds is 5. The van der Waals surface area contributed by atoms with Gasteiger partial charge in [-0.1, -0.05) is 12.6 Å². The van der Waals surface area contributed by atoms with Gasteiger partial charge in [0.2, 0.25) is 5.91 Å². The highest BCUT2D eigenvalue weighted by molar-refractivity contribution is 6.25. The van der Waals surface area contributed by atoms with Gasteiger partial charge in [0, 0.05) is 55.9 Å². The lowest BCUT2D eigenvalue weighted by molar-refractivity contribution is -0.125. The van der Waals surface area contributed by atoms with Gasteiger partial charge in [0.05, 0.1) is 36.6 Å². The Morgan fingerprint density at radius 2 is 1.80 bits per heavy atom. The third-order valence-electron chi connectivity index (χ3n) is 8.11. The summed E-state index contributed by atoms with van der Waals surface area (Å²) in [6.45, 7) is 8.02. The molecular formula is C28H33N7O5. The van der Waals surface area contributed by atoms with E-state index in [4.69, 9.17) is 4.74 Å². The Balaban J connectivity index is 1.07. The number of likely N-dealkylation sites (tertiary alicyclic amines) is 1. The third kappa shape index (κ3) is 4.83. The van der Waals surface area contributed by atoms with E-state index in [0.29, 0.717) is 75.7 Å². The van der Waals surface area contributed by atoms with Crippen LogP contribution in [0.4, 0.5) is 10.5 Å². The van der Waals surface area contributed by atoms with E-state index < -0.39 is 17.9 Å². The molecule has 2 N–H and O–H groups in total. The van der Waals surface area contributed by atoms with Gasteiger partial charge in [-0.2, -0.15) is 5.10 Å². The fraction of sp³-hybridized carbons (Fsp3) is 0.464. The maximum Gasteiger partial charge on any atom is 0.320 e.